The molecule has 0 fully saturated rings. The van der Waals surface area contributed by atoms with Crippen molar-refractivity contribution in [2.24, 2.45) is 0 Å². The molecule has 1 amide bonds. The fraction of sp³-hybridized carbons (Fsp3) is 0.250. The van der Waals surface area contributed by atoms with Gasteiger partial charge in [-0.1, -0.05) is 22.0 Å². The number of amides is 1. The molecule has 0 saturated carbocycles. The van der Waals surface area contributed by atoms with Crippen LogP contribution in [0.3, 0.4) is 0 Å². The van der Waals surface area contributed by atoms with E-state index in [1.807, 2.05) is 17.0 Å². The Kier molecular flexibility index (Phi) is 2.67. The zero-order chi connectivity index (χ0) is 13.7. The molecule has 1 unspecified atom stereocenters. The maximum absolute atomic E-state index is 12.6. The van der Waals surface area contributed by atoms with E-state index in [1.54, 1.807) is 6.20 Å². The Morgan fingerprint density at radius 3 is 3.10 bits per heavy atom. The van der Waals surface area contributed by atoms with Crippen LogP contribution in [0.5, 0.6) is 0 Å². The molecule has 4 heteroatoms. The Balaban J connectivity index is 1.84. The number of nitrogens with zero attached hydrogens (tertiary/aromatic N) is 2. The first kappa shape index (κ1) is 12.1. The smallest absolute Gasteiger partial charge is 0.256 e. The SMILES string of the molecule is O=C1c2cccnc2CC2c3ccc(Br)cc3CCN12. The van der Waals surface area contributed by atoms with Crippen LogP contribution >= 0.6 is 15.9 Å². The monoisotopic (exact) mass is 328 g/mol. The summed E-state index contributed by atoms with van der Waals surface area (Å²) in [6.07, 6.45) is 3.51. The summed E-state index contributed by atoms with van der Waals surface area (Å²) in [6, 6.07) is 10.2. The predicted molar refractivity (Wildman–Crippen MR) is 79.6 cm³/mol. The van der Waals surface area contributed by atoms with E-state index in [2.05, 4.69) is 39.1 Å². The van der Waals surface area contributed by atoms with E-state index < -0.39 is 0 Å². The lowest BCUT2D eigenvalue weighted by molar-refractivity contribution is 0.0629. The molecule has 0 N–H and O–H groups in total. The van der Waals surface area contributed by atoms with Gasteiger partial charge in [-0.15, -0.1) is 0 Å². The van der Waals surface area contributed by atoms with Gasteiger partial charge in [0.15, 0.2) is 0 Å². The number of rotatable bonds is 0. The summed E-state index contributed by atoms with van der Waals surface area (Å²) in [6.45, 7) is 0.793. The van der Waals surface area contributed by atoms with Gasteiger partial charge in [-0.2, -0.15) is 0 Å². The van der Waals surface area contributed by atoms with Gasteiger partial charge in [-0.25, -0.2) is 0 Å². The Morgan fingerprint density at radius 1 is 1.30 bits per heavy atom. The van der Waals surface area contributed by atoms with Crippen LogP contribution < -0.4 is 0 Å². The molecule has 2 aliphatic rings. The van der Waals surface area contributed by atoms with Gasteiger partial charge in [0.2, 0.25) is 0 Å². The average molecular weight is 329 g/mol. The molecular formula is C16H13BrN2O. The van der Waals surface area contributed by atoms with Crippen molar-refractivity contribution in [1.82, 2.24) is 9.88 Å². The number of carbonyl (C=O) groups excluding carboxylic acids is 1. The van der Waals surface area contributed by atoms with E-state index in [4.69, 9.17) is 0 Å². The molecule has 0 spiro atoms. The van der Waals surface area contributed by atoms with Crippen molar-refractivity contribution in [2.45, 2.75) is 18.9 Å². The summed E-state index contributed by atoms with van der Waals surface area (Å²) in [5.74, 6) is 0.123. The summed E-state index contributed by atoms with van der Waals surface area (Å²) in [4.78, 5) is 19.0. The van der Waals surface area contributed by atoms with Crippen molar-refractivity contribution in [3.05, 3.63) is 63.4 Å². The average Bonchev–Trinajstić information content (AvgIpc) is 2.47. The minimum absolute atomic E-state index is 0.123. The van der Waals surface area contributed by atoms with E-state index in [0.717, 1.165) is 35.1 Å². The topological polar surface area (TPSA) is 33.2 Å². The van der Waals surface area contributed by atoms with Crippen LogP contribution in [0.4, 0.5) is 0 Å². The number of pyridine rings is 1. The highest BCUT2D eigenvalue weighted by Gasteiger charge is 2.37. The minimum atomic E-state index is 0.123. The molecule has 0 aliphatic carbocycles. The van der Waals surface area contributed by atoms with Crippen LogP contribution in [0, 0.1) is 0 Å². The number of hydrogen-bond donors (Lipinski definition) is 0. The van der Waals surface area contributed by atoms with Crippen LogP contribution in [-0.2, 0) is 12.8 Å². The summed E-state index contributed by atoms with van der Waals surface area (Å²) >= 11 is 3.52. The number of halogens is 1. The molecule has 3 nitrogen and oxygen atoms in total. The van der Waals surface area contributed by atoms with E-state index in [0.29, 0.717) is 0 Å². The second-order valence-corrected chi connectivity index (χ2v) is 6.22. The maximum Gasteiger partial charge on any atom is 0.256 e. The van der Waals surface area contributed by atoms with Gasteiger partial charge in [0.25, 0.3) is 5.91 Å². The molecular weight excluding hydrogens is 316 g/mol. The van der Waals surface area contributed by atoms with Gasteiger partial charge in [0, 0.05) is 23.6 Å². The van der Waals surface area contributed by atoms with Gasteiger partial charge in [0.1, 0.15) is 0 Å². The molecule has 1 aromatic heterocycles. The fourth-order valence-electron chi connectivity index (χ4n) is 3.28. The van der Waals surface area contributed by atoms with Crippen LogP contribution in [0.1, 0.15) is 33.2 Å². The summed E-state index contributed by atoms with van der Waals surface area (Å²) in [7, 11) is 0. The molecule has 2 aromatic rings. The molecule has 100 valence electrons. The second kappa shape index (κ2) is 4.42. The molecule has 1 aromatic carbocycles. The molecule has 0 saturated heterocycles. The number of benzene rings is 1. The van der Waals surface area contributed by atoms with Crippen molar-refractivity contribution in [2.75, 3.05) is 6.54 Å². The van der Waals surface area contributed by atoms with Crippen LogP contribution in [0.15, 0.2) is 41.0 Å². The minimum Gasteiger partial charge on any atom is -0.331 e. The zero-order valence-corrected chi connectivity index (χ0v) is 12.4. The Bertz CT molecular complexity index is 713. The second-order valence-electron chi connectivity index (χ2n) is 5.31. The number of aromatic nitrogens is 1. The molecule has 2 aliphatic heterocycles. The molecule has 3 heterocycles. The lowest BCUT2D eigenvalue weighted by atomic mass is 9.86. The highest BCUT2D eigenvalue weighted by Crippen LogP contribution is 2.38. The van der Waals surface area contributed by atoms with Crippen LogP contribution in [-0.4, -0.2) is 22.3 Å². The predicted octanol–water partition coefficient (Wildman–Crippen LogP) is 3.14. The van der Waals surface area contributed by atoms with Gasteiger partial charge in [-0.3, -0.25) is 9.78 Å². The van der Waals surface area contributed by atoms with Crippen molar-refractivity contribution in [3.8, 4) is 0 Å². The van der Waals surface area contributed by atoms with Gasteiger partial charge < -0.3 is 4.90 Å². The lowest BCUT2D eigenvalue weighted by Gasteiger charge is -2.40. The number of fused-ring (bicyclic) bond motifs is 4. The standard InChI is InChI=1S/C16H13BrN2O/c17-11-3-4-12-10(8-11)5-7-19-15(12)9-14-13(16(19)20)2-1-6-18-14/h1-4,6,8,15H,5,7,9H2. The van der Waals surface area contributed by atoms with Crippen molar-refractivity contribution in [3.63, 3.8) is 0 Å². The zero-order valence-electron chi connectivity index (χ0n) is 10.8. The highest BCUT2D eigenvalue weighted by atomic mass is 79.9. The third kappa shape index (κ3) is 1.71. The number of hydrogen-bond acceptors (Lipinski definition) is 2. The first-order valence-corrected chi connectivity index (χ1v) is 7.56. The summed E-state index contributed by atoms with van der Waals surface area (Å²) < 4.78 is 1.10. The molecule has 20 heavy (non-hydrogen) atoms. The normalized spacial score (nSPS) is 20.1. The van der Waals surface area contributed by atoms with Crippen LogP contribution in [0.25, 0.3) is 0 Å². The van der Waals surface area contributed by atoms with Gasteiger partial charge >= 0.3 is 0 Å². The molecule has 1 atom stereocenters. The first-order chi connectivity index (χ1) is 9.74. The van der Waals surface area contributed by atoms with E-state index >= 15 is 0 Å². The van der Waals surface area contributed by atoms with E-state index in [1.165, 1.54) is 11.1 Å². The molecule has 0 bridgehead atoms. The summed E-state index contributed by atoms with van der Waals surface area (Å²) in [5.41, 5.74) is 4.30. The Hall–Kier alpha value is -1.68. The third-order valence-electron chi connectivity index (χ3n) is 4.23. The van der Waals surface area contributed by atoms with E-state index in [9.17, 15) is 4.79 Å². The third-order valence-corrected chi connectivity index (χ3v) is 4.72. The van der Waals surface area contributed by atoms with Crippen molar-refractivity contribution < 1.29 is 4.79 Å². The van der Waals surface area contributed by atoms with Crippen molar-refractivity contribution >= 4 is 21.8 Å². The Labute approximate surface area is 125 Å². The van der Waals surface area contributed by atoms with Crippen LogP contribution in [0.2, 0.25) is 0 Å². The highest BCUT2D eigenvalue weighted by molar-refractivity contribution is 9.10. The van der Waals surface area contributed by atoms with E-state index in [-0.39, 0.29) is 11.9 Å². The Morgan fingerprint density at radius 2 is 2.20 bits per heavy atom. The molecule has 4 rings (SSSR count). The van der Waals surface area contributed by atoms with Crippen molar-refractivity contribution in [1.29, 1.82) is 0 Å². The quantitative estimate of drug-likeness (QED) is 0.744. The lowest BCUT2D eigenvalue weighted by Crippen LogP contribution is -2.44. The number of carbonyl (C=O) groups is 1. The van der Waals surface area contributed by atoms with Gasteiger partial charge in [-0.05, 0) is 41.8 Å². The maximum atomic E-state index is 12.6. The summed E-state index contributed by atoms with van der Waals surface area (Å²) in [5, 5.41) is 0. The fourth-order valence-corrected chi connectivity index (χ4v) is 3.69. The first-order valence-electron chi connectivity index (χ1n) is 6.77. The molecule has 0 radical (unpaired) electrons. The largest absolute Gasteiger partial charge is 0.331 e. The van der Waals surface area contributed by atoms with Gasteiger partial charge in [0.05, 0.1) is 17.3 Å².